The van der Waals surface area contributed by atoms with Gasteiger partial charge in [0.2, 0.25) is 5.54 Å². The van der Waals surface area contributed by atoms with Gasteiger partial charge in [0.15, 0.2) is 0 Å². The Hall–Kier alpha value is -2.26. The molecule has 0 saturated carbocycles. The molecule has 1 aromatic rings. The molecule has 1 fully saturated rings. The third-order valence-electron chi connectivity index (χ3n) is 3.05. The highest BCUT2D eigenvalue weighted by Crippen LogP contribution is 2.35. The minimum atomic E-state index is -4.86. The molecule has 1 aliphatic rings. The Kier molecular flexibility index (Phi) is 3.11. The van der Waals surface area contributed by atoms with Gasteiger partial charge in [-0.1, -0.05) is 0 Å². The monoisotopic (exact) mass is 291 g/mol. The van der Waals surface area contributed by atoms with Crippen LogP contribution >= 0.6 is 0 Å². The maximum atomic E-state index is 12.8. The topological polar surface area (TPSA) is 93.2 Å². The molecule has 7 nitrogen and oxygen atoms in total. The van der Waals surface area contributed by atoms with E-state index in [9.17, 15) is 22.8 Å². The first-order valence-corrected chi connectivity index (χ1v) is 5.64. The summed E-state index contributed by atoms with van der Waals surface area (Å²) in [5, 5.41) is 5.48. The second kappa shape index (κ2) is 4.39. The first-order valence-electron chi connectivity index (χ1n) is 5.64. The molecule has 110 valence electrons. The highest BCUT2D eigenvalue weighted by Gasteiger charge is 2.64. The molecule has 1 aromatic heterocycles. The van der Waals surface area contributed by atoms with Crippen LogP contribution in [0.3, 0.4) is 0 Å². The van der Waals surface area contributed by atoms with E-state index < -0.39 is 23.7 Å². The minimum Gasteiger partial charge on any atom is -0.396 e. The summed E-state index contributed by atoms with van der Waals surface area (Å²) in [6, 6.07) is -1.07. The summed E-state index contributed by atoms with van der Waals surface area (Å²) in [6.45, 7) is 0.473. The number of urea groups is 1. The number of nitrogens with zero attached hydrogens (tertiary/aromatic N) is 3. The minimum absolute atomic E-state index is 0.0598. The molecule has 0 bridgehead atoms. The Morgan fingerprint density at radius 3 is 2.50 bits per heavy atom. The Bertz CT molecular complexity index is 555. The van der Waals surface area contributed by atoms with E-state index in [1.54, 1.807) is 5.32 Å². The number of carbonyl (C=O) groups excluding carboxylic acids is 2. The Balaban J connectivity index is 2.10. The molecule has 20 heavy (non-hydrogen) atoms. The molecule has 0 radical (unpaired) electrons. The number of nitrogens with two attached hydrogens (primary N) is 1. The van der Waals surface area contributed by atoms with Crippen LogP contribution in [0.5, 0.6) is 0 Å². The van der Waals surface area contributed by atoms with E-state index >= 15 is 0 Å². The van der Waals surface area contributed by atoms with Crippen molar-refractivity contribution in [2.75, 3.05) is 12.3 Å². The molecule has 1 unspecified atom stereocenters. The van der Waals surface area contributed by atoms with Crippen LogP contribution in [0, 0.1) is 0 Å². The van der Waals surface area contributed by atoms with Gasteiger partial charge in [-0.2, -0.15) is 18.3 Å². The Morgan fingerprint density at radius 1 is 1.40 bits per heavy atom. The molecule has 1 saturated heterocycles. The van der Waals surface area contributed by atoms with E-state index in [0.29, 0.717) is 17.5 Å². The fourth-order valence-electron chi connectivity index (χ4n) is 1.80. The number of imide groups is 1. The summed E-state index contributed by atoms with van der Waals surface area (Å²) in [7, 11) is 0. The van der Waals surface area contributed by atoms with Crippen molar-refractivity contribution in [3.05, 3.63) is 12.4 Å². The first kappa shape index (κ1) is 14.2. The highest BCUT2D eigenvalue weighted by molar-refractivity contribution is 6.07. The van der Waals surface area contributed by atoms with Gasteiger partial charge in [0.05, 0.1) is 25.0 Å². The molecule has 10 heteroatoms. The number of halogens is 3. The third kappa shape index (κ3) is 2.17. The van der Waals surface area contributed by atoms with Gasteiger partial charge in [0, 0.05) is 6.20 Å². The van der Waals surface area contributed by atoms with Crippen LogP contribution < -0.4 is 11.1 Å². The van der Waals surface area contributed by atoms with Gasteiger partial charge in [-0.3, -0.25) is 14.4 Å². The van der Waals surface area contributed by atoms with Crippen molar-refractivity contribution in [3.63, 3.8) is 0 Å². The van der Waals surface area contributed by atoms with E-state index in [1.165, 1.54) is 17.1 Å². The second-order valence-electron chi connectivity index (χ2n) is 4.55. The van der Waals surface area contributed by atoms with Crippen molar-refractivity contribution in [3.8, 4) is 0 Å². The van der Waals surface area contributed by atoms with E-state index in [2.05, 4.69) is 5.10 Å². The van der Waals surface area contributed by atoms with Crippen molar-refractivity contribution in [1.29, 1.82) is 0 Å². The normalized spacial score (nSPS) is 23.3. The van der Waals surface area contributed by atoms with Crippen LogP contribution in [-0.4, -0.2) is 44.9 Å². The fourth-order valence-corrected chi connectivity index (χ4v) is 1.80. The molecule has 2 heterocycles. The van der Waals surface area contributed by atoms with E-state index in [0.717, 1.165) is 0 Å². The first-order chi connectivity index (χ1) is 9.15. The van der Waals surface area contributed by atoms with Crippen LogP contribution in [0.25, 0.3) is 0 Å². The number of nitrogens with one attached hydrogen (secondary N) is 1. The standard InChI is InChI=1S/C10H12F3N5O2/c1-9(10(11,12)13)7(19)18(8(20)16-9)3-2-17-5-6(14)4-15-17/h4-5H,2-3,14H2,1H3,(H,16,20). The number of rotatable bonds is 3. The number of nitrogen functional groups attached to an aromatic ring is 1. The lowest BCUT2D eigenvalue weighted by Crippen LogP contribution is -2.56. The third-order valence-corrected chi connectivity index (χ3v) is 3.05. The van der Waals surface area contributed by atoms with E-state index in [1.807, 2.05) is 0 Å². The van der Waals surface area contributed by atoms with Crippen LogP contribution in [-0.2, 0) is 11.3 Å². The van der Waals surface area contributed by atoms with Crippen molar-refractivity contribution in [2.24, 2.45) is 0 Å². The number of hydrogen-bond donors (Lipinski definition) is 2. The van der Waals surface area contributed by atoms with Crippen molar-refractivity contribution in [2.45, 2.75) is 25.2 Å². The molecular formula is C10H12F3N5O2. The summed E-state index contributed by atoms with van der Waals surface area (Å²) < 4.78 is 39.8. The number of alkyl halides is 3. The maximum Gasteiger partial charge on any atom is 0.420 e. The quantitative estimate of drug-likeness (QED) is 0.785. The fraction of sp³-hybridized carbons (Fsp3) is 0.500. The zero-order valence-electron chi connectivity index (χ0n) is 10.4. The highest BCUT2D eigenvalue weighted by atomic mass is 19.4. The average molecular weight is 291 g/mol. The molecule has 1 aliphatic heterocycles. The zero-order valence-corrected chi connectivity index (χ0v) is 10.4. The van der Waals surface area contributed by atoms with Crippen LogP contribution in [0.2, 0.25) is 0 Å². The molecule has 3 N–H and O–H groups in total. The van der Waals surface area contributed by atoms with Crippen LogP contribution in [0.4, 0.5) is 23.7 Å². The van der Waals surface area contributed by atoms with Gasteiger partial charge in [0.1, 0.15) is 0 Å². The molecule has 0 aliphatic carbocycles. The van der Waals surface area contributed by atoms with Gasteiger partial charge in [-0.25, -0.2) is 4.79 Å². The lowest BCUT2D eigenvalue weighted by atomic mass is 10.0. The average Bonchev–Trinajstić information content (AvgIpc) is 2.81. The predicted octanol–water partition coefficient (Wildman–Crippen LogP) is 0.338. The molecule has 3 amide bonds. The molecule has 0 aromatic carbocycles. The van der Waals surface area contributed by atoms with E-state index in [-0.39, 0.29) is 13.1 Å². The summed E-state index contributed by atoms with van der Waals surface area (Å²) in [5.41, 5.74) is 2.92. The molecular weight excluding hydrogens is 279 g/mol. The lowest BCUT2D eigenvalue weighted by molar-refractivity contribution is -0.191. The van der Waals surface area contributed by atoms with Crippen LogP contribution in [0.1, 0.15) is 6.92 Å². The predicted molar refractivity (Wildman–Crippen MR) is 61.3 cm³/mol. The maximum absolute atomic E-state index is 12.8. The summed E-state index contributed by atoms with van der Waals surface area (Å²) in [4.78, 5) is 23.8. The number of hydrogen-bond acceptors (Lipinski definition) is 4. The van der Waals surface area contributed by atoms with Gasteiger partial charge >= 0.3 is 12.2 Å². The lowest BCUT2D eigenvalue weighted by Gasteiger charge is -2.24. The zero-order chi connectivity index (χ0) is 15.1. The van der Waals surface area contributed by atoms with Gasteiger partial charge in [-0.15, -0.1) is 0 Å². The van der Waals surface area contributed by atoms with Crippen molar-refractivity contribution in [1.82, 2.24) is 20.0 Å². The molecule has 2 rings (SSSR count). The molecule has 0 spiro atoms. The van der Waals surface area contributed by atoms with Gasteiger partial charge in [0.25, 0.3) is 5.91 Å². The Labute approximate surface area is 111 Å². The second-order valence-corrected chi connectivity index (χ2v) is 4.55. The van der Waals surface area contributed by atoms with Crippen molar-refractivity contribution < 1.29 is 22.8 Å². The largest absolute Gasteiger partial charge is 0.420 e. The summed E-state index contributed by atoms with van der Waals surface area (Å²) in [5.74, 6) is -1.32. The smallest absolute Gasteiger partial charge is 0.396 e. The summed E-state index contributed by atoms with van der Waals surface area (Å²) in [6.07, 6.45) is -2.06. The van der Waals surface area contributed by atoms with Crippen molar-refractivity contribution >= 4 is 17.6 Å². The number of amides is 3. The SMILES string of the molecule is CC1(C(F)(F)F)NC(=O)N(CCn2cc(N)cn2)C1=O. The molecule has 1 atom stereocenters. The Morgan fingerprint density at radius 2 is 2.05 bits per heavy atom. The van der Waals surface area contributed by atoms with Gasteiger partial charge < -0.3 is 11.1 Å². The van der Waals surface area contributed by atoms with Crippen LogP contribution in [0.15, 0.2) is 12.4 Å². The number of anilines is 1. The number of aromatic nitrogens is 2. The number of carbonyl (C=O) groups is 2. The van der Waals surface area contributed by atoms with Gasteiger partial charge in [-0.05, 0) is 6.92 Å². The van der Waals surface area contributed by atoms with E-state index in [4.69, 9.17) is 5.73 Å². The summed E-state index contributed by atoms with van der Waals surface area (Å²) >= 11 is 0.